The molecule has 2 aromatic rings. The van der Waals surface area contributed by atoms with Gasteiger partial charge in [-0.1, -0.05) is 13.8 Å². The van der Waals surface area contributed by atoms with Crippen LogP contribution in [0, 0.1) is 6.92 Å². The van der Waals surface area contributed by atoms with Crippen molar-refractivity contribution in [3.8, 4) is 0 Å². The van der Waals surface area contributed by atoms with Crippen LogP contribution in [0.25, 0.3) is 11.0 Å². The van der Waals surface area contributed by atoms with Gasteiger partial charge >= 0.3 is 0 Å². The van der Waals surface area contributed by atoms with Crippen molar-refractivity contribution in [3.05, 3.63) is 24.3 Å². The summed E-state index contributed by atoms with van der Waals surface area (Å²) >= 11 is 0. The quantitative estimate of drug-likeness (QED) is 0.618. The Balaban J connectivity index is 0.000000396. The van der Waals surface area contributed by atoms with E-state index in [-0.39, 0.29) is 0 Å². The maximum atomic E-state index is 4.16. The van der Waals surface area contributed by atoms with Crippen LogP contribution in [-0.4, -0.2) is 14.5 Å². The molecule has 0 saturated carbocycles. The van der Waals surface area contributed by atoms with E-state index in [0.717, 1.165) is 16.7 Å². The van der Waals surface area contributed by atoms with Gasteiger partial charge in [0.05, 0.1) is 18.0 Å². The molecular formula is C10H15N3. The predicted octanol–water partition coefficient (Wildman–Crippen LogP) is 2.30. The Bertz CT molecular complexity index is 390. The van der Waals surface area contributed by atoms with Crippen LogP contribution in [0.3, 0.4) is 0 Å². The van der Waals surface area contributed by atoms with Crippen molar-refractivity contribution in [2.45, 2.75) is 20.8 Å². The molecule has 0 N–H and O–H groups in total. The summed E-state index contributed by atoms with van der Waals surface area (Å²) in [6, 6.07) is 2.03. The molecule has 0 atom stereocenters. The molecule has 2 aromatic heterocycles. The first-order chi connectivity index (χ1) is 6.27. The fraction of sp³-hybridized carbons (Fsp3) is 0.400. The molecule has 3 nitrogen and oxygen atoms in total. The highest BCUT2D eigenvalue weighted by atomic mass is 15.0. The summed E-state index contributed by atoms with van der Waals surface area (Å²) < 4.78 is 1.99. The molecule has 70 valence electrons. The van der Waals surface area contributed by atoms with Gasteiger partial charge in [-0.3, -0.25) is 4.98 Å². The number of hydrogen-bond donors (Lipinski definition) is 0. The van der Waals surface area contributed by atoms with E-state index in [1.165, 1.54) is 0 Å². The van der Waals surface area contributed by atoms with E-state index in [1.807, 2.05) is 38.5 Å². The molecule has 0 unspecified atom stereocenters. The van der Waals surface area contributed by atoms with Gasteiger partial charge < -0.3 is 4.57 Å². The Morgan fingerprint density at radius 2 is 1.92 bits per heavy atom. The summed E-state index contributed by atoms with van der Waals surface area (Å²) in [6.07, 6.45) is 3.59. The van der Waals surface area contributed by atoms with Gasteiger partial charge in [0.15, 0.2) is 0 Å². The molecule has 0 bridgehead atoms. The van der Waals surface area contributed by atoms with E-state index < -0.39 is 0 Å². The van der Waals surface area contributed by atoms with Crippen molar-refractivity contribution in [3.63, 3.8) is 0 Å². The SMILES string of the molecule is CC.Cc1cc2c(cn1)ncn2C. The van der Waals surface area contributed by atoms with Crippen LogP contribution < -0.4 is 0 Å². The molecule has 2 rings (SSSR count). The van der Waals surface area contributed by atoms with E-state index in [9.17, 15) is 0 Å². The molecule has 0 aliphatic heterocycles. The zero-order valence-electron chi connectivity index (χ0n) is 8.57. The monoisotopic (exact) mass is 177 g/mol. The molecule has 0 spiro atoms. The van der Waals surface area contributed by atoms with Gasteiger partial charge in [0.2, 0.25) is 0 Å². The van der Waals surface area contributed by atoms with Crippen LogP contribution in [0.5, 0.6) is 0 Å². The molecule has 0 aliphatic rings. The fourth-order valence-corrected chi connectivity index (χ4v) is 1.13. The van der Waals surface area contributed by atoms with Crippen molar-refractivity contribution in [2.75, 3.05) is 0 Å². The van der Waals surface area contributed by atoms with Crippen LogP contribution in [0.2, 0.25) is 0 Å². The number of imidazole rings is 1. The minimum absolute atomic E-state index is 0.957. The van der Waals surface area contributed by atoms with E-state index >= 15 is 0 Å². The Labute approximate surface area is 78.4 Å². The second-order valence-corrected chi connectivity index (χ2v) is 2.67. The lowest BCUT2D eigenvalue weighted by molar-refractivity contribution is 0.946. The largest absolute Gasteiger partial charge is 0.334 e. The molecule has 2 heterocycles. The second-order valence-electron chi connectivity index (χ2n) is 2.67. The minimum Gasteiger partial charge on any atom is -0.334 e. The number of aryl methyl sites for hydroxylation is 2. The smallest absolute Gasteiger partial charge is 0.107 e. The van der Waals surface area contributed by atoms with Crippen LogP contribution in [0.15, 0.2) is 18.6 Å². The van der Waals surface area contributed by atoms with Gasteiger partial charge in [-0.2, -0.15) is 0 Å². The van der Waals surface area contributed by atoms with Crippen molar-refractivity contribution >= 4 is 11.0 Å². The van der Waals surface area contributed by atoms with Crippen LogP contribution in [0.4, 0.5) is 0 Å². The zero-order chi connectivity index (χ0) is 9.84. The number of aromatic nitrogens is 3. The van der Waals surface area contributed by atoms with E-state index in [4.69, 9.17) is 0 Å². The van der Waals surface area contributed by atoms with E-state index in [1.54, 1.807) is 12.5 Å². The van der Waals surface area contributed by atoms with Gasteiger partial charge in [0.25, 0.3) is 0 Å². The molecule has 3 heteroatoms. The highest BCUT2D eigenvalue weighted by Crippen LogP contribution is 2.10. The average molecular weight is 177 g/mol. The lowest BCUT2D eigenvalue weighted by atomic mass is 10.3. The normalized spacial score (nSPS) is 9.54. The Morgan fingerprint density at radius 3 is 2.62 bits per heavy atom. The molecule has 0 aromatic carbocycles. The highest BCUT2D eigenvalue weighted by Gasteiger charge is 1.98. The van der Waals surface area contributed by atoms with E-state index in [2.05, 4.69) is 9.97 Å². The van der Waals surface area contributed by atoms with Crippen LogP contribution in [-0.2, 0) is 7.05 Å². The third kappa shape index (κ3) is 1.86. The standard InChI is InChI=1S/C8H9N3.C2H6/c1-6-3-8-7(4-9-6)10-5-11(8)2;1-2/h3-5H,1-2H3;1-2H3. The number of rotatable bonds is 0. The molecule has 0 radical (unpaired) electrons. The maximum absolute atomic E-state index is 4.16. The lowest BCUT2D eigenvalue weighted by Gasteiger charge is -1.93. The predicted molar refractivity (Wildman–Crippen MR) is 54.6 cm³/mol. The Morgan fingerprint density at radius 1 is 1.23 bits per heavy atom. The molecule has 13 heavy (non-hydrogen) atoms. The first-order valence-electron chi connectivity index (χ1n) is 4.51. The van der Waals surface area contributed by atoms with Crippen molar-refractivity contribution < 1.29 is 0 Å². The van der Waals surface area contributed by atoms with Crippen LogP contribution in [0.1, 0.15) is 19.5 Å². The summed E-state index contributed by atoms with van der Waals surface area (Å²) in [5.41, 5.74) is 3.12. The number of hydrogen-bond acceptors (Lipinski definition) is 2. The summed E-state index contributed by atoms with van der Waals surface area (Å²) in [7, 11) is 1.98. The Kier molecular flexibility index (Phi) is 3.01. The molecule has 0 aliphatic carbocycles. The summed E-state index contributed by atoms with van der Waals surface area (Å²) in [5, 5.41) is 0. The lowest BCUT2D eigenvalue weighted by Crippen LogP contribution is -1.85. The fourth-order valence-electron chi connectivity index (χ4n) is 1.13. The highest BCUT2D eigenvalue weighted by molar-refractivity contribution is 5.74. The van der Waals surface area contributed by atoms with Crippen molar-refractivity contribution in [1.82, 2.24) is 14.5 Å². The topological polar surface area (TPSA) is 30.7 Å². The molecular weight excluding hydrogens is 162 g/mol. The number of fused-ring (bicyclic) bond motifs is 1. The van der Waals surface area contributed by atoms with Gasteiger partial charge in [0, 0.05) is 12.7 Å². The van der Waals surface area contributed by atoms with Crippen molar-refractivity contribution in [2.24, 2.45) is 7.05 Å². The third-order valence-electron chi connectivity index (χ3n) is 1.75. The first-order valence-corrected chi connectivity index (χ1v) is 4.51. The second kappa shape index (κ2) is 4.03. The van der Waals surface area contributed by atoms with Gasteiger partial charge in [-0.05, 0) is 13.0 Å². The van der Waals surface area contributed by atoms with Crippen molar-refractivity contribution in [1.29, 1.82) is 0 Å². The zero-order valence-corrected chi connectivity index (χ0v) is 8.57. The summed E-state index contributed by atoms with van der Waals surface area (Å²) in [4.78, 5) is 8.30. The van der Waals surface area contributed by atoms with Gasteiger partial charge in [0.1, 0.15) is 5.52 Å². The first kappa shape index (κ1) is 9.71. The maximum Gasteiger partial charge on any atom is 0.107 e. The summed E-state index contributed by atoms with van der Waals surface area (Å²) in [6.45, 7) is 5.98. The molecule has 0 fully saturated rings. The average Bonchev–Trinajstić information content (AvgIpc) is 2.52. The molecule has 0 amide bonds. The third-order valence-corrected chi connectivity index (χ3v) is 1.75. The van der Waals surface area contributed by atoms with Crippen LogP contribution >= 0.6 is 0 Å². The van der Waals surface area contributed by atoms with Gasteiger partial charge in [-0.25, -0.2) is 4.98 Å². The number of pyridine rings is 1. The number of nitrogens with zero attached hydrogens (tertiary/aromatic N) is 3. The Hall–Kier alpha value is -1.38. The molecule has 0 saturated heterocycles. The summed E-state index contributed by atoms with van der Waals surface area (Å²) in [5.74, 6) is 0. The minimum atomic E-state index is 0.957. The van der Waals surface area contributed by atoms with Gasteiger partial charge in [-0.15, -0.1) is 0 Å². The van der Waals surface area contributed by atoms with E-state index in [0.29, 0.717) is 0 Å².